The molecule has 1 N–H and O–H groups in total. The number of hydrogen-bond acceptors (Lipinski definition) is 6. The Bertz CT molecular complexity index is 1130. The van der Waals surface area contributed by atoms with E-state index in [1.54, 1.807) is 22.4 Å². The molecule has 34 heavy (non-hydrogen) atoms. The number of amides is 2. The van der Waals surface area contributed by atoms with Crippen LogP contribution in [0, 0.1) is 13.8 Å². The molecule has 1 saturated heterocycles. The van der Waals surface area contributed by atoms with Crippen molar-refractivity contribution in [2.45, 2.75) is 26.8 Å². The number of nitrogens with one attached hydrogen (secondary N) is 1. The number of carbonyl (C=O) groups is 2. The molecule has 3 aromatic rings. The molecule has 0 spiro atoms. The number of pyridine rings is 1. The predicted molar refractivity (Wildman–Crippen MR) is 134 cm³/mol. The molecule has 1 aromatic carbocycles. The van der Waals surface area contributed by atoms with Crippen molar-refractivity contribution in [3.63, 3.8) is 0 Å². The molecule has 0 bridgehead atoms. The van der Waals surface area contributed by atoms with Crippen molar-refractivity contribution in [3.05, 3.63) is 82.0 Å². The number of anilines is 1. The van der Waals surface area contributed by atoms with E-state index in [1.807, 2.05) is 49.5 Å². The topological polar surface area (TPSA) is 74.8 Å². The summed E-state index contributed by atoms with van der Waals surface area (Å²) >= 11 is 1.60. The Morgan fingerprint density at radius 1 is 1.09 bits per heavy atom. The van der Waals surface area contributed by atoms with Crippen molar-refractivity contribution in [3.8, 4) is 0 Å². The van der Waals surface area contributed by atoms with Crippen LogP contribution in [0.15, 0.2) is 54.9 Å². The number of rotatable bonds is 6. The zero-order chi connectivity index (χ0) is 24.1. The van der Waals surface area contributed by atoms with Crippen molar-refractivity contribution in [2.24, 2.45) is 0 Å². The van der Waals surface area contributed by atoms with Crippen LogP contribution < -0.4 is 5.32 Å². The van der Waals surface area contributed by atoms with Gasteiger partial charge in [-0.15, -0.1) is 11.3 Å². The molecule has 4 rings (SSSR count). The highest BCUT2D eigenvalue weighted by Gasteiger charge is 2.33. The Labute approximate surface area is 204 Å². The van der Waals surface area contributed by atoms with Crippen molar-refractivity contribution in [1.82, 2.24) is 14.8 Å². The first-order valence-corrected chi connectivity index (χ1v) is 12.3. The van der Waals surface area contributed by atoms with Gasteiger partial charge in [0.05, 0.1) is 12.6 Å². The summed E-state index contributed by atoms with van der Waals surface area (Å²) in [5.41, 5.74) is 3.93. The van der Waals surface area contributed by atoms with Crippen LogP contribution in [0.1, 0.15) is 44.9 Å². The summed E-state index contributed by atoms with van der Waals surface area (Å²) in [6, 6.07) is 13.2. The van der Waals surface area contributed by atoms with Crippen LogP contribution in [0.2, 0.25) is 0 Å². The normalized spacial score (nSPS) is 15.1. The zero-order valence-corrected chi connectivity index (χ0v) is 20.6. The third-order valence-corrected chi connectivity index (χ3v) is 7.31. The van der Waals surface area contributed by atoms with Crippen LogP contribution in [0.4, 0.5) is 9.80 Å². The first-order chi connectivity index (χ1) is 16.5. The quantitative estimate of drug-likeness (QED) is 0.547. The van der Waals surface area contributed by atoms with Gasteiger partial charge in [-0.05, 0) is 50.1 Å². The number of thiophene rings is 1. The maximum Gasteiger partial charge on any atom is 0.409 e. The van der Waals surface area contributed by atoms with Crippen LogP contribution in [0.5, 0.6) is 0 Å². The minimum absolute atomic E-state index is 0.0888. The van der Waals surface area contributed by atoms with E-state index in [2.05, 4.69) is 35.1 Å². The lowest BCUT2D eigenvalue weighted by Crippen LogP contribution is -2.50. The van der Waals surface area contributed by atoms with Crippen molar-refractivity contribution < 1.29 is 14.3 Å². The summed E-state index contributed by atoms with van der Waals surface area (Å²) in [7, 11) is 0. The second kappa shape index (κ2) is 10.8. The van der Waals surface area contributed by atoms with Gasteiger partial charge in [0, 0.05) is 54.6 Å². The molecule has 8 heteroatoms. The Hall–Kier alpha value is -3.23. The minimum atomic E-state index is -0.265. The Kier molecular flexibility index (Phi) is 7.59. The monoisotopic (exact) mass is 478 g/mol. The van der Waals surface area contributed by atoms with Gasteiger partial charge in [-0.25, -0.2) is 4.79 Å². The molecule has 0 saturated carbocycles. The molecule has 3 heterocycles. The number of carbonyl (C=O) groups excluding carboxylic acids is 2. The van der Waals surface area contributed by atoms with E-state index >= 15 is 0 Å². The summed E-state index contributed by atoms with van der Waals surface area (Å²) < 4.78 is 5.19. The maximum absolute atomic E-state index is 13.0. The van der Waals surface area contributed by atoms with E-state index in [9.17, 15) is 9.59 Å². The lowest BCUT2D eigenvalue weighted by atomic mass is 9.95. The number of ether oxygens (including phenoxy) is 1. The van der Waals surface area contributed by atoms with Crippen molar-refractivity contribution in [1.29, 1.82) is 0 Å². The third-order valence-electron chi connectivity index (χ3n) is 6.17. The van der Waals surface area contributed by atoms with E-state index in [0.29, 0.717) is 38.3 Å². The van der Waals surface area contributed by atoms with E-state index in [-0.39, 0.29) is 18.0 Å². The number of piperazine rings is 1. The van der Waals surface area contributed by atoms with Crippen molar-refractivity contribution in [2.75, 3.05) is 38.1 Å². The molecule has 178 valence electrons. The number of hydrogen-bond donors (Lipinski definition) is 1. The number of aryl methyl sites for hydroxylation is 1. The largest absolute Gasteiger partial charge is 0.450 e. The summed E-state index contributed by atoms with van der Waals surface area (Å²) in [4.78, 5) is 34.9. The zero-order valence-electron chi connectivity index (χ0n) is 19.8. The highest BCUT2D eigenvalue weighted by Crippen LogP contribution is 2.42. The number of nitrogens with zero attached hydrogens (tertiary/aromatic N) is 3. The SMILES string of the molecule is CCOC(=O)N1CCN(C(c2cccnc2)c2c(NC(=O)c3ccccc3)sc(C)c2C)CC1. The van der Waals surface area contributed by atoms with Gasteiger partial charge in [-0.2, -0.15) is 0 Å². The summed E-state index contributed by atoms with van der Waals surface area (Å²) in [5, 5.41) is 4.02. The second-order valence-electron chi connectivity index (χ2n) is 8.26. The lowest BCUT2D eigenvalue weighted by Gasteiger charge is -2.39. The molecule has 1 aliphatic rings. The first-order valence-electron chi connectivity index (χ1n) is 11.5. The number of aromatic nitrogens is 1. The van der Waals surface area contributed by atoms with Gasteiger partial charge in [-0.3, -0.25) is 14.7 Å². The molecule has 1 unspecified atom stereocenters. The molecule has 1 atom stereocenters. The van der Waals surface area contributed by atoms with E-state index < -0.39 is 0 Å². The molecule has 7 nitrogen and oxygen atoms in total. The smallest absolute Gasteiger partial charge is 0.409 e. The van der Waals surface area contributed by atoms with Crippen molar-refractivity contribution >= 4 is 28.3 Å². The summed E-state index contributed by atoms with van der Waals surface area (Å²) in [6.07, 6.45) is 3.39. The van der Waals surface area contributed by atoms with Crippen LogP contribution in [-0.2, 0) is 4.74 Å². The molecular weight excluding hydrogens is 448 g/mol. The standard InChI is InChI=1S/C26H30N4O3S/c1-4-33-26(32)30-15-13-29(14-16-30)23(21-11-8-12-27-17-21)22-18(2)19(3)34-25(22)28-24(31)20-9-6-5-7-10-20/h5-12,17,23H,4,13-16H2,1-3H3,(H,28,31). The van der Waals surface area contributed by atoms with Crippen LogP contribution in [0.3, 0.4) is 0 Å². The molecule has 0 aliphatic carbocycles. The molecule has 1 aliphatic heterocycles. The van der Waals surface area contributed by atoms with Gasteiger partial charge < -0.3 is 15.0 Å². The molecular formula is C26H30N4O3S. The van der Waals surface area contributed by atoms with E-state index in [0.717, 1.165) is 26.6 Å². The molecule has 0 radical (unpaired) electrons. The molecule has 2 aromatic heterocycles. The fourth-order valence-electron chi connectivity index (χ4n) is 4.31. The first kappa shape index (κ1) is 23.9. The van der Waals surface area contributed by atoms with Gasteiger partial charge in [0.1, 0.15) is 5.00 Å². The molecule has 1 fully saturated rings. The summed E-state index contributed by atoms with van der Waals surface area (Å²) in [5.74, 6) is -0.125. The van der Waals surface area contributed by atoms with Gasteiger partial charge in [-0.1, -0.05) is 24.3 Å². The second-order valence-corrected chi connectivity index (χ2v) is 9.48. The Morgan fingerprint density at radius 2 is 1.82 bits per heavy atom. The highest BCUT2D eigenvalue weighted by atomic mass is 32.1. The Morgan fingerprint density at radius 3 is 2.47 bits per heavy atom. The fourth-order valence-corrected chi connectivity index (χ4v) is 5.39. The average Bonchev–Trinajstić information content (AvgIpc) is 3.14. The fraction of sp³-hybridized carbons (Fsp3) is 0.346. The predicted octanol–water partition coefficient (Wildman–Crippen LogP) is 4.88. The van der Waals surface area contributed by atoms with E-state index in [4.69, 9.17) is 4.74 Å². The minimum Gasteiger partial charge on any atom is -0.450 e. The number of benzene rings is 1. The van der Waals surface area contributed by atoms with Gasteiger partial charge in [0.2, 0.25) is 0 Å². The highest BCUT2D eigenvalue weighted by molar-refractivity contribution is 7.16. The van der Waals surface area contributed by atoms with Crippen LogP contribution >= 0.6 is 11.3 Å². The Balaban J connectivity index is 1.67. The average molecular weight is 479 g/mol. The van der Waals surface area contributed by atoms with Gasteiger partial charge in [0.25, 0.3) is 5.91 Å². The molecule has 2 amide bonds. The van der Waals surface area contributed by atoms with Crippen LogP contribution in [0.25, 0.3) is 0 Å². The van der Waals surface area contributed by atoms with Gasteiger partial charge in [0.15, 0.2) is 0 Å². The van der Waals surface area contributed by atoms with Gasteiger partial charge >= 0.3 is 6.09 Å². The summed E-state index contributed by atoms with van der Waals surface area (Å²) in [6.45, 7) is 8.94. The third kappa shape index (κ3) is 5.13. The van der Waals surface area contributed by atoms with E-state index in [1.165, 1.54) is 0 Å². The van der Waals surface area contributed by atoms with Crippen LogP contribution in [-0.4, -0.2) is 59.6 Å². The lowest BCUT2D eigenvalue weighted by molar-refractivity contribution is 0.0714. The maximum atomic E-state index is 13.0.